The number of aromatic nitrogens is 4. The van der Waals surface area contributed by atoms with Crippen molar-refractivity contribution >= 4 is 28.9 Å². The summed E-state index contributed by atoms with van der Waals surface area (Å²) >= 11 is 12.9. The molecular formula is C18H19Cl2N5O3. The molecule has 0 fully saturated rings. The van der Waals surface area contributed by atoms with Crippen LogP contribution in [-0.4, -0.2) is 19.9 Å². The fourth-order valence-electron chi connectivity index (χ4n) is 2.77. The van der Waals surface area contributed by atoms with Crippen LogP contribution >= 0.6 is 23.2 Å². The molecule has 0 saturated heterocycles. The van der Waals surface area contributed by atoms with Gasteiger partial charge in [-0.2, -0.15) is 5.10 Å². The van der Waals surface area contributed by atoms with Gasteiger partial charge in [-0.15, -0.1) is 0 Å². The number of nitrogens with one attached hydrogen (secondary N) is 2. The lowest BCUT2D eigenvalue weighted by Gasteiger charge is -2.13. The summed E-state index contributed by atoms with van der Waals surface area (Å²) in [5.74, 6) is -0.174. The highest BCUT2D eigenvalue weighted by Crippen LogP contribution is 2.31. The number of aryl methyl sites for hydroxylation is 1. The SMILES string of the molecule is CC(C)c1cc(Cc2c(Cl)cc(NCc3noc(=O)[nH]3)cc2Cl)nn(C)c1=O. The first kappa shape index (κ1) is 20.2. The molecule has 2 heterocycles. The molecule has 0 aliphatic rings. The minimum atomic E-state index is -0.617. The quantitative estimate of drug-likeness (QED) is 0.630. The van der Waals surface area contributed by atoms with E-state index in [2.05, 4.69) is 25.1 Å². The van der Waals surface area contributed by atoms with Crippen LogP contribution in [0.1, 0.15) is 42.4 Å². The Bertz CT molecular complexity index is 1090. The maximum Gasteiger partial charge on any atom is 0.438 e. The summed E-state index contributed by atoms with van der Waals surface area (Å²) < 4.78 is 5.78. The van der Waals surface area contributed by atoms with Gasteiger partial charge in [0.25, 0.3) is 5.56 Å². The van der Waals surface area contributed by atoms with Crippen LogP contribution in [0, 0.1) is 0 Å². The molecule has 0 radical (unpaired) electrons. The highest BCUT2D eigenvalue weighted by Gasteiger charge is 2.14. The predicted octanol–water partition coefficient (Wildman–Crippen LogP) is 3.09. The van der Waals surface area contributed by atoms with Gasteiger partial charge in [-0.3, -0.25) is 14.3 Å². The molecule has 0 atom stereocenters. The summed E-state index contributed by atoms with van der Waals surface area (Å²) in [5.41, 5.74) is 2.67. The first-order valence-electron chi connectivity index (χ1n) is 8.58. The first-order valence-corrected chi connectivity index (χ1v) is 9.34. The van der Waals surface area contributed by atoms with Gasteiger partial charge in [0.05, 0.1) is 12.2 Å². The maximum absolute atomic E-state index is 12.2. The average Bonchev–Trinajstić information content (AvgIpc) is 3.04. The molecule has 0 spiro atoms. The molecule has 10 heteroatoms. The average molecular weight is 424 g/mol. The minimum absolute atomic E-state index is 0.0842. The lowest BCUT2D eigenvalue weighted by atomic mass is 10.0. The molecular weight excluding hydrogens is 405 g/mol. The molecule has 0 saturated carbocycles. The van der Waals surface area contributed by atoms with Gasteiger partial charge in [-0.25, -0.2) is 9.48 Å². The van der Waals surface area contributed by atoms with E-state index in [1.165, 1.54) is 4.68 Å². The topological polar surface area (TPSA) is 106 Å². The highest BCUT2D eigenvalue weighted by atomic mass is 35.5. The first-order chi connectivity index (χ1) is 13.2. The lowest BCUT2D eigenvalue weighted by molar-refractivity contribution is 0.382. The van der Waals surface area contributed by atoms with Crippen molar-refractivity contribution in [3.05, 3.63) is 71.8 Å². The Hall–Kier alpha value is -2.58. The second kappa shape index (κ2) is 8.20. The smallest absolute Gasteiger partial charge is 0.378 e. The molecule has 0 amide bonds. The molecule has 2 N–H and O–H groups in total. The fourth-order valence-corrected chi connectivity index (χ4v) is 3.39. The number of H-pyrrole nitrogens is 1. The van der Waals surface area contributed by atoms with Crippen molar-refractivity contribution in [2.24, 2.45) is 7.05 Å². The van der Waals surface area contributed by atoms with Crippen molar-refractivity contribution in [2.45, 2.75) is 32.7 Å². The molecule has 0 aliphatic heterocycles. The summed E-state index contributed by atoms with van der Waals surface area (Å²) in [4.78, 5) is 25.6. The van der Waals surface area contributed by atoms with Crippen molar-refractivity contribution in [1.82, 2.24) is 19.9 Å². The van der Waals surface area contributed by atoms with Crippen molar-refractivity contribution in [1.29, 1.82) is 0 Å². The molecule has 3 aromatic rings. The Morgan fingerprint density at radius 3 is 2.46 bits per heavy atom. The van der Waals surface area contributed by atoms with Crippen LogP contribution in [0.3, 0.4) is 0 Å². The normalized spacial score (nSPS) is 11.2. The van der Waals surface area contributed by atoms with E-state index in [1.54, 1.807) is 25.2 Å². The van der Waals surface area contributed by atoms with Gasteiger partial charge >= 0.3 is 5.76 Å². The number of benzene rings is 1. The van der Waals surface area contributed by atoms with Gasteiger partial charge in [-0.05, 0) is 29.7 Å². The Morgan fingerprint density at radius 2 is 1.89 bits per heavy atom. The van der Waals surface area contributed by atoms with Crippen molar-refractivity contribution in [2.75, 3.05) is 5.32 Å². The van der Waals surface area contributed by atoms with E-state index in [1.807, 2.05) is 13.8 Å². The van der Waals surface area contributed by atoms with Crippen molar-refractivity contribution in [3.8, 4) is 0 Å². The standard InChI is InChI=1S/C18H19Cl2N5O3/c1-9(2)12-4-11(23-25(3)17(12)26)5-13-14(19)6-10(7-15(13)20)21-8-16-22-18(27)28-24-16/h4,6-7,9,21H,5,8H2,1-3H3,(H,22,24,27). The van der Waals surface area contributed by atoms with Crippen LogP contribution in [0.2, 0.25) is 10.0 Å². The highest BCUT2D eigenvalue weighted by molar-refractivity contribution is 6.36. The third-order valence-corrected chi connectivity index (χ3v) is 4.88. The Labute approximate surface area is 170 Å². The lowest BCUT2D eigenvalue weighted by Crippen LogP contribution is -2.25. The fraction of sp³-hybridized carbons (Fsp3) is 0.333. The molecule has 0 bridgehead atoms. The molecule has 28 heavy (non-hydrogen) atoms. The number of nitrogens with zero attached hydrogens (tertiary/aromatic N) is 3. The van der Waals surface area contributed by atoms with E-state index in [4.69, 9.17) is 23.2 Å². The number of aromatic amines is 1. The van der Waals surface area contributed by atoms with E-state index in [-0.39, 0.29) is 18.0 Å². The number of anilines is 1. The minimum Gasteiger partial charge on any atom is -0.378 e. The van der Waals surface area contributed by atoms with E-state index < -0.39 is 5.76 Å². The zero-order valence-corrected chi connectivity index (χ0v) is 17.1. The third-order valence-electron chi connectivity index (χ3n) is 4.21. The van der Waals surface area contributed by atoms with Gasteiger partial charge in [0.1, 0.15) is 0 Å². The van der Waals surface area contributed by atoms with E-state index >= 15 is 0 Å². The molecule has 0 unspecified atom stereocenters. The number of rotatable bonds is 6. The second-order valence-corrected chi connectivity index (χ2v) is 7.48. The largest absolute Gasteiger partial charge is 0.438 e. The third kappa shape index (κ3) is 4.45. The zero-order chi connectivity index (χ0) is 20.4. The van der Waals surface area contributed by atoms with E-state index in [0.717, 1.165) is 0 Å². The van der Waals surface area contributed by atoms with Gasteiger partial charge in [0, 0.05) is 34.8 Å². The van der Waals surface area contributed by atoms with Crippen LogP contribution in [0.25, 0.3) is 0 Å². The zero-order valence-electron chi connectivity index (χ0n) is 15.5. The molecule has 8 nitrogen and oxygen atoms in total. The summed E-state index contributed by atoms with van der Waals surface area (Å²) in [6.07, 6.45) is 0.391. The Balaban J connectivity index is 1.83. The monoisotopic (exact) mass is 423 g/mol. The summed E-state index contributed by atoms with van der Waals surface area (Å²) in [6.45, 7) is 4.17. The van der Waals surface area contributed by atoms with Crippen molar-refractivity contribution < 1.29 is 4.52 Å². The Morgan fingerprint density at radius 1 is 1.21 bits per heavy atom. The van der Waals surface area contributed by atoms with Gasteiger partial charge < -0.3 is 5.32 Å². The van der Waals surface area contributed by atoms with Crippen LogP contribution < -0.4 is 16.6 Å². The van der Waals surface area contributed by atoms with Crippen LogP contribution in [0.5, 0.6) is 0 Å². The maximum atomic E-state index is 12.2. The predicted molar refractivity (Wildman–Crippen MR) is 107 cm³/mol. The molecule has 148 valence electrons. The summed E-state index contributed by atoms with van der Waals surface area (Å²) in [5, 5.41) is 11.9. The van der Waals surface area contributed by atoms with Crippen LogP contribution in [0.4, 0.5) is 5.69 Å². The van der Waals surface area contributed by atoms with Gasteiger partial charge in [0.15, 0.2) is 5.82 Å². The number of hydrogen-bond donors (Lipinski definition) is 2. The molecule has 2 aromatic heterocycles. The molecule has 0 aliphatic carbocycles. The summed E-state index contributed by atoms with van der Waals surface area (Å²) in [6, 6.07) is 5.26. The molecule has 1 aromatic carbocycles. The van der Waals surface area contributed by atoms with Crippen LogP contribution in [-0.2, 0) is 20.0 Å². The number of hydrogen-bond acceptors (Lipinski definition) is 6. The second-order valence-electron chi connectivity index (χ2n) is 6.66. The van der Waals surface area contributed by atoms with Crippen LogP contribution in [0.15, 0.2) is 32.3 Å². The number of halogens is 2. The molecule has 3 rings (SSSR count). The Kier molecular flexibility index (Phi) is 5.90. The van der Waals surface area contributed by atoms with Gasteiger partial charge in [-0.1, -0.05) is 42.2 Å². The van der Waals surface area contributed by atoms with Crippen molar-refractivity contribution in [3.63, 3.8) is 0 Å². The van der Waals surface area contributed by atoms with Gasteiger partial charge in [0.2, 0.25) is 0 Å². The summed E-state index contributed by atoms with van der Waals surface area (Å²) in [7, 11) is 1.63. The van der Waals surface area contributed by atoms with E-state index in [0.29, 0.717) is 44.8 Å². The van der Waals surface area contributed by atoms with E-state index in [9.17, 15) is 9.59 Å².